The molecule has 2 aliphatic heterocycles. The SMILES string of the molecule is O=C(c1ccc(OCC2CCCO2)cc1)N1CCN(C(=O)c2ccco2)CC1. The third-order valence-electron chi connectivity index (χ3n) is 5.15. The molecule has 1 aromatic carbocycles. The van der Waals surface area contributed by atoms with Gasteiger partial charge < -0.3 is 23.7 Å². The molecule has 4 rings (SSSR count). The molecule has 28 heavy (non-hydrogen) atoms. The van der Waals surface area contributed by atoms with Crippen LogP contribution in [0.3, 0.4) is 0 Å². The maximum absolute atomic E-state index is 12.7. The average molecular weight is 384 g/mol. The summed E-state index contributed by atoms with van der Waals surface area (Å²) < 4.78 is 16.5. The van der Waals surface area contributed by atoms with E-state index in [1.807, 2.05) is 12.1 Å². The van der Waals surface area contributed by atoms with Crippen LogP contribution >= 0.6 is 0 Å². The third kappa shape index (κ3) is 4.20. The molecule has 148 valence electrons. The Labute approximate surface area is 163 Å². The van der Waals surface area contributed by atoms with Crippen molar-refractivity contribution >= 4 is 11.8 Å². The van der Waals surface area contributed by atoms with Crippen molar-refractivity contribution < 1.29 is 23.5 Å². The number of nitrogens with zero attached hydrogens (tertiary/aromatic N) is 2. The van der Waals surface area contributed by atoms with Gasteiger partial charge in [-0.25, -0.2) is 0 Å². The first kappa shape index (κ1) is 18.6. The number of carbonyl (C=O) groups excluding carboxylic acids is 2. The molecule has 0 N–H and O–H groups in total. The van der Waals surface area contributed by atoms with E-state index in [1.165, 1.54) is 6.26 Å². The molecule has 0 aliphatic carbocycles. The molecule has 0 radical (unpaired) electrons. The number of carbonyl (C=O) groups is 2. The van der Waals surface area contributed by atoms with Crippen LogP contribution in [0, 0.1) is 0 Å². The lowest BCUT2D eigenvalue weighted by Gasteiger charge is -2.34. The average Bonchev–Trinajstić information content (AvgIpc) is 3.46. The quantitative estimate of drug-likeness (QED) is 0.792. The number of hydrogen-bond donors (Lipinski definition) is 0. The van der Waals surface area contributed by atoms with Crippen LogP contribution < -0.4 is 4.74 Å². The fourth-order valence-electron chi connectivity index (χ4n) is 3.51. The fraction of sp³-hybridized carbons (Fsp3) is 0.429. The summed E-state index contributed by atoms with van der Waals surface area (Å²) >= 11 is 0. The Morgan fingerprint density at radius 1 is 1.00 bits per heavy atom. The minimum absolute atomic E-state index is 0.0317. The molecule has 1 atom stereocenters. The smallest absolute Gasteiger partial charge is 0.289 e. The lowest BCUT2D eigenvalue weighted by Crippen LogP contribution is -2.50. The van der Waals surface area contributed by atoms with Gasteiger partial charge in [-0.05, 0) is 49.2 Å². The summed E-state index contributed by atoms with van der Waals surface area (Å²) in [5.41, 5.74) is 0.621. The number of rotatable bonds is 5. The summed E-state index contributed by atoms with van der Waals surface area (Å²) in [7, 11) is 0. The molecule has 3 heterocycles. The highest BCUT2D eigenvalue weighted by atomic mass is 16.5. The first-order valence-electron chi connectivity index (χ1n) is 9.67. The van der Waals surface area contributed by atoms with Crippen LogP contribution in [0.1, 0.15) is 33.8 Å². The first-order chi connectivity index (χ1) is 13.7. The van der Waals surface area contributed by atoms with Crippen molar-refractivity contribution in [2.45, 2.75) is 18.9 Å². The minimum atomic E-state index is -0.134. The Bertz CT molecular complexity index is 789. The van der Waals surface area contributed by atoms with Crippen molar-refractivity contribution in [2.75, 3.05) is 39.4 Å². The highest BCUT2D eigenvalue weighted by Crippen LogP contribution is 2.18. The molecule has 2 amide bonds. The molecule has 0 spiro atoms. The van der Waals surface area contributed by atoms with Gasteiger partial charge in [0.05, 0.1) is 12.4 Å². The van der Waals surface area contributed by atoms with E-state index in [0.29, 0.717) is 44.1 Å². The standard InChI is InChI=1S/C21H24N2O5/c24-20(16-5-7-17(8-6-16)28-15-18-3-1-13-26-18)22-9-11-23(12-10-22)21(25)19-4-2-14-27-19/h2,4-8,14,18H,1,3,9-13,15H2. The zero-order valence-corrected chi connectivity index (χ0v) is 15.7. The molecule has 2 fully saturated rings. The second-order valence-corrected chi connectivity index (χ2v) is 7.03. The summed E-state index contributed by atoms with van der Waals surface area (Å²) in [5, 5.41) is 0. The van der Waals surface area contributed by atoms with E-state index in [-0.39, 0.29) is 17.9 Å². The van der Waals surface area contributed by atoms with E-state index < -0.39 is 0 Å². The Balaban J connectivity index is 1.28. The second-order valence-electron chi connectivity index (χ2n) is 7.03. The van der Waals surface area contributed by atoms with Crippen LogP contribution in [0.15, 0.2) is 47.1 Å². The highest BCUT2D eigenvalue weighted by molar-refractivity contribution is 5.95. The van der Waals surface area contributed by atoms with Crippen molar-refractivity contribution in [1.29, 1.82) is 0 Å². The van der Waals surface area contributed by atoms with E-state index in [0.717, 1.165) is 25.2 Å². The third-order valence-corrected chi connectivity index (χ3v) is 5.15. The minimum Gasteiger partial charge on any atom is -0.491 e. The Kier molecular flexibility index (Phi) is 5.62. The van der Waals surface area contributed by atoms with E-state index in [2.05, 4.69) is 0 Å². The number of furan rings is 1. The topological polar surface area (TPSA) is 72.2 Å². The number of hydrogen-bond acceptors (Lipinski definition) is 5. The van der Waals surface area contributed by atoms with Crippen molar-refractivity contribution in [3.05, 3.63) is 54.0 Å². The molecule has 1 aromatic heterocycles. The van der Waals surface area contributed by atoms with Gasteiger partial charge in [0.1, 0.15) is 12.4 Å². The van der Waals surface area contributed by atoms with E-state index in [9.17, 15) is 9.59 Å². The van der Waals surface area contributed by atoms with E-state index in [1.54, 1.807) is 34.1 Å². The number of amides is 2. The molecule has 2 aliphatic rings. The second kappa shape index (κ2) is 8.48. The zero-order valence-electron chi connectivity index (χ0n) is 15.7. The summed E-state index contributed by atoms with van der Waals surface area (Å²) in [6.45, 7) is 3.34. The summed E-state index contributed by atoms with van der Waals surface area (Å²) in [5.74, 6) is 0.903. The summed E-state index contributed by atoms with van der Waals surface area (Å²) in [6.07, 6.45) is 3.77. The van der Waals surface area contributed by atoms with Crippen LogP contribution in [0.4, 0.5) is 0 Å². The van der Waals surface area contributed by atoms with Gasteiger partial charge in [0.2, 0.25) is 0 Å². The van der Waals surface area contributed by atoms with Crippen LogP contribution in [-0.4, -0.2) is 67.1 Å². The Hall–Kier alpha value is -2.80. The predicted molar refractivity (Wildman–Crippen MR) is 101 cm³/mol. The van der Waals surface area contributed by atoms with Crippen molar-refractivity contribution in [1.82, 2.24) is 9.80 Å². The zero-order chi connectivity index (χ0) is 19.3. The molecule has 2 saturated heterocycles. The van der Waals surface area contributed by atoms with Crippen LogP contribution in [-0.2, 0) is 4.74 Å². The molecule has 0 bridgehead atoms. The monoisotopic (exact) mass is 384 g/mol. The summed E-state index contributed by atoms with van der Waals surface area (Å²) in [6, 6.07) is 10.6. The van der Waals surface area contributed by atoms with Gasteiger partial charge in [-0.3, -0.25) is 9.59 Å². The van der Waals surface area contributed by atoms with E-state index >= 15 is 0 Å². The lowest BCUT2D eigenvalue weighted by atomic mass is 10.1. The summed E-state index contributed by atoms with van der Waals surface area (Å²) in [4.78, 5) is 28.5. The molecule has 7 heteroatoms. The van der Waals surface area contributed by atoms with Gasteiger partial charge in [-0.1, -0.05) is 0 Å². The Morgan fingerprint density at radius 3 is 2.32 bits per heavy atom. The first-order valence-corrected chi connectivity index (χ1v) is 9.67. The largest absolute Gasteiger partial charge is 0.491 e. The van der Waals surface area contributed by atoms with Gasteiger partial charge in [0.25, 0.3) is 11.8 Å². The number of ether oxygens (including phenoxy) is 2. The molecule has 7 nitrogen and oxygen atoms in total. The lowest BCUT2D eigenvalue weighted by molar-refractivity contribution is 0.0518. The molecular formula is C21H24N2O5. The fourth-order valence-corrected chi connectivity index (χ4v) is 3.51. The normalized spacial score (nSPS) is 19.6. The van der Waals surface area contributed by atoms with Gasteiger partial charge in [0, 0.05) is 38.3 Å². The van der Waals surface area contributed by atoms with Gasteiger partial charge in [-0.15, -0.1) is 0 Å². The van der Waals surface area contributed by atoms with Gasteiger partial charge in [-0.2, -0.15) is 0 Å². The van der Waals surface area contributed by atoms with Crippen LogP contribution in [0.5, 0.6) is 5.75 Å². The van der Waals surface area contributed by atoms with Crippen molar-refractivity contribution in [3.8, 4) is 5.75 Å². The van der Waals surface area contributed by atoms with E-state index in [4.69, 9.17) is 13.9 Å². The Morgan fingerprint density at radius 2 is 1.71 bits per heavy atom. The van der Waals surface area contributed by atoms with Crippen molar-refractivity contribution in [2.24, 2.45) is 0 Å². The highest BCUT2D eigenvalue weighted by Gasteiger charge is 2.26. The maximum Gasteiger partial charge on any atom is 0.289 e. The molecular weight excluding hydrogens is 360 g/mol. The molecule has 2 aromatic rings. The van der Waals surface area contributed by atoms with Crippen molar-refractivity contribution in [3.63, 3.8) is 0 Å². The maximum atomic E-state index is 12.7. The van der Waals surface area contributed by atoms with Gasteiger partial charge in [0.15, 0.2) is 5.76 Å². The number of piperazine rings is 1. The van der Waals surface area contributed by atoms with Crippen LogP contribution in [0.2, 0.25) is 0 Å². The van der Waals surface area contributed by atoms with Crippen LogP contribution in [0.25, 0.3) is 0 Å². The number of benzene rings is 1. The molecule has 0 saturated carbocycles. The predicted octanol–water partition coefficient (Wildman–Crippen LogP) is 2.44. The molecule has 1 unspecified atom stereocenters. The van der Waals surface area contributed by atoms with Gasteiger partial charge >= 0.3 is 0 Å².